The number of nitrogens with one attached hydrogen (secondary N) is 1. The number of rotatable bonds is 3. The van der Waals surface area contributed by atoms with Crippen molar-refractivity contribution in [3.05, 3.63) is 59.9 Å². The van der Waals surface area contributed by atoms with Crippen LogP contribution in [0.25, 0.3) is 0 Å². The molecule has 0 aliphatic heterocycles. The van der Waals surface area contributed by atoms with Gasteiger partial charge < -0.3 is 10.4 Å². The lowest BCUT2D eigenvalue weighted by atomic mass is 10.2. The first-order valence-electron chi connectivity index (χ1n) is 5.00. The van der Waals surface area contributed by atoms with E-state index in [-0.39, 0.29) is 12.4 Å². The van der Waals surface area contributed by atoms with Gasteiger partial charge in [-0.15, -0.1) is 0 Å². The van der Waals surface area contributed by atoms with E-state index in [1.807, 2.05) is 24.3 Å². The van der Waals surface area contributed by atoms with E-state index in [1.54, 1.807) is 12.1 Å². The molecule has 2 aromatic carbocycles. The molecule has 0 bridgehead atoms. The Bertz CT molecular complexity index is 468. The first-order chi connectivity index (χ1) is 7.78. The number of aliphatic hydroxyl groups excluding tert-OH is 1. The highest BCUT2D eigenvalue weighted by Crippen LogP contribution is 2.17. The second-order valence-corrected chi connectivity index (χ2v) is 3.49. The molecule has 2 aromatic rings. The molecule has 0 amide bonds. The quantitative estimate of drug-likeness (QED) is 0.828. The third-order valence-electron chi connectivity index (χ3n) is 2.25. The molecule has 0 atom stereocenters. The van der Waals surface area contributed by atoms with Crippen LogP contribution in [-0.2, 0) is 6.61 Å². The third-order valence-corrected chi connectivity index (χ3v) is 2.25. The van der Waals surface area contributed by atoms with Gasteiger partial charge in [-0.25, -0.2) is 4.39 Å². The van der Waals surface area contributed by atoms with Gasteiger partial charge in [0.2, 0.25) is 0 Å². The maximum absolute atomic E-state index is 12.9. The maximum atomic E-state index is 12.9. The highest BCUT2D eigenvalue weighted by Gasteiger charge is 1.96. The van der Waals surface area contributed by atoms with Gasteiger partial charge in [0.15, 0.2) is 0 Å². The van der Waals surface area contributed by atoms with Gasteiger partial charge in [0.1, 0.15) is 5.82 Å². The minimum absolute atomic E-state index is 0.0280. The Labute approximate surface area is 93.4 Å². The number of hydrogen-bond acceptors (Lipinski definition) is 2. The predicted octanol–water partition coefficient (Wildman–Crippen LogP) is 3.06. The van der Waals surface area contributed by atoms with Crippen molar-refractivity contribution in [2.45, 2.75) is 6.61 Å². The van der Waals surface area contributed by atoms with Crippen LogP contribution in [0, 0.1) is 5.82 Å². The number of halogens is 1. The summed E-state index contributed by atoms with van der Waals surface area (Å²) >= 11 is 0. The molecule has 2 nitrogen and oxygen atoms in total. The van der Waals surface area contributed by atoms with E-state index >= 15 is 0 Å². The van der Waals surface area contributed by atoms with Crippen LogP contribution in [0.2, 0.25) is 0 Å². The normalized spacial score (nSPS) is 10.1. The van der Waals surface area contributed by atoms with Crippen molar-refractivity contribution >= 4 is 11.4 Å². The molecule has 0 aromatic heterocycles. The second-order valence-electron chi connectivity index (χ2n) is 3.49. The van der Waals surface area contributed by atoms with Crippen molar-refractivity contribution in [3.63, 3.8) is 0 Å². The highest BCUT2D eigenvalue weighted by atomic mass is 19.1. The summed E-state index contributed by atoms with van der Waals surface area (Å²) in [6.45, 7) is 0.0280. The summed E-state index contributed by atoms with van der Waals surface area (Å²) in [6.07, 6.45) is 0. The molecule has 0 saturated carbocycles. The monoisotopic (exact) mass is 217 g/mol. The topological polar surface area (TPSA) is 32.3 Å². The van der Waals surface area contributed by atoms with Crippen LogP contribution in [0.5, 0.6) is 0 Å². The first kappa shape index (κ1) is 10.6. The Morgan fingerprint density at radius 3 is 2.38 bits per heavy atom. The van der Waals surface area contributed by atoms with Crippen molar-refractivity contribution in [1.29, 1.82) is 0 Å². The minimum Gasteiger partial charge on any atom is -0.392 e. The third kappa shape index (κ3) is 2.58. The van der Waals surface area contributed by atoms with Gasteiger partial charge >= 0.3 is 0 Å². The Kier molecular flexibility index (Phi) is 3.17. The Morgan fingerprint density at radius 1 is 1.00 bits per heavy atom. The molecule has 0 saturated heterocycles. The summed E-state index contributed by atoms with van der Waals surface area (Å²) in [5.74, 6) is -0.267. The van der Waals surface area contributed by atoms with Crippen molar-refractivity contribution in [1.82, 2.24) is 0 Å². The summed E-state index contributed by atoms with van der Waals surface area (Å²) in [5, 5.41) is 12.0. The average Bonchev–Trinajstić information content (AvgIpc) is 2.30. The summed E-state index contributed by atoms with van der Waals surface area (Å²) in [5.41, 5.74) is 2.42. The standard InChI is InChI=1S/C13H12FNO/c14-11-2-1-3-13(8-11)15-12-6-4-10(9-16)5-7-12/h1-8,15-16H,9H2. The van der Waals surface area contributed by atoms with Crippen LogP contribution < -0.4 is 5.32 Å². The van der Waals surface area contributed by atoms with E-state index in [1.165, 1.54) is 12.1 Å². The molecule has 0 aliphatic carbocycles. The zero-order valence-electron chi connectivity index (χ0n) is 8.65. The fourth-order valence-corrected chi connectivity index (χ4v) is 1.43. The van der Waals surface area contributed by atoms with Gasteiger partial charge in [-0.1, -0.05) is 18.2 Å². The molecule has 2 N–H and O–H groups in total. The summed E-state index contributed by atoms with van der Waals surface area (Å²) in [4.78, 5) is 0. The van der Waals surface area contributed by atoms with Crippen LogP contribution in [0.1, 0.15) is 5.56 Å². The molecule has 0 aliphatic rings. The molecule has 16 heavy (non-hydrogen) atoms. The Balaban J connectivity index is 2.14. The van der Waals surface area contributed by atoms with Gasteiger partial charge in [-0.3, -0.25) is 0 Å². The van der Waals surface area contributed by atoms with Gasteiger partial charge in [0.25, 0.3) is 0 Å². The van der Waals surface area contributed by atoms with Crippen molar-refractivity contribution in [3.8, 4) is 0 Å². The SMILES string of the molecule is OCc1ccc(Nc2cccc(F)c2)cc1. The lowest BCUT2D eigenvalue weighted by Crippen LogP contribution is -1.91. The molecule has 0 spiro atoms. The molecule has 0 heterocycles. The van der Waals surface area contributed by atoms with Crippen LogP contribution in [0.15, 0.2) is 48.5 Å². The first-order valence-corrected chi connectivity index (χ1v) is 5.00. The molecule has 82 valence electrons. The van der Waals surface area contributed by atoms with Crippen LogP contribution in [0.4, 0.5) is 15.8 Å². The minimum atomic E-state index is -0.267. The Morgan fingerprint density at radius 2 is 1.75 bits per heavy atom. The van der Waals surface area contributed by atoms with E-state index in [0.29, 0.717) is 5.69 Å². The number of hydrogen-bond donors (Lipinski definition) is 2. The largest absolute Gasteiger partial charge is 0.392 e. The zero-order valence-corrected chi connectivity index (χ0v) is 8.65. The molecular weight excluding hydrogens is 205 g/mol. The predicted molar refractivity (Wildman–Crippen MR) is 62.0 cm³/mol. The van der Waals surface area contributed by atoms with E-state index < -0.39 is 0 Å². The van der Waals surface area contributed by atoms with E-state index in [2.05, 4.69) is 5.32 Å². The van der Waals surface area contributed by atoms with Crippen LogP contribution in [-0.4, -0.2) is 5.11 Å². The lowest BCUT2D eigenvalue weighted by molar-refractivity contribution is 0.282. The molecule has 0 fully saturated rings. The van der Waals surface area contributed by atoms with Gasteiger partial charge in [-0.05, 0) is 35.9 Å². The van der Waals surface area contributed by atoms with E-state index in [0.717, 1.165) is 11.3 Å². The Hall–Kier alpha value is -1.87. The average molecular weight is 217 g/mol. The van der Waals surface area contributed by atoms with Crippen molar-refractivity contribution in [2.75, 3.05) is 5.32 Å². The molecule has 0 unspecified atom stereocenters. The summed E-state index contributed by atoms with van der Waals surface area (Å²) in [6, 6.07) is 13.6. The zero-order chi connectivity index (χ0) is 11.4. The number of aliphatic hydroxyl groups is 1. The fourth-order valence-electron chi connectivity index (χ4n) is 1.43. The van der Waals surface area contributed by atoms with Crippen molar-refractivity contribution in [2.24, 2.45) is 0 Å². The molecular formula is C13H12FNO. The van der Waals surface area contributed by atoms with Crippen molar-refractivity contribution < 1.29 is 9.50 Å². The van der Waals surface area contributed by atoms with E-state index in [9.17, 15) is 4.39 Å². The summed E-state index contributed by atoms with van der Waals surface area (Å²) in [7, 11) is 0. The maximum Gasteiger partial charge on any atom is 0.125 e. The van der Waals surface area contributed by atoms with E-state index in [4.69, 9.17) is 5.11 Å². The molecule has 0 radical (unpaired) electrons. The van der Waals surface area contributed by atoms with Crippen LogP contribution in [0.3, 0.4) is 0 Å². The number of anilines is 2. The lowest BCUT2D eigenvalue weighted by Gasteiger charge is -2.06. The molecule has 3 heteroatoms. The second kappa shape index (κ2) is 4.77. The number of benzene rings is 2. The van der Waals surface area contributed by atoms with Crippen LogP contribution >= 0.6 is 0 Å². The van der Waals surface area contributed by atoms with Gasteiger partial charge in [0.05, 0.1) is 6.61 Å². The fraction of sp³-hybridized carbons (Fsp3) is 0.0769. The van der Waals surface area contributed by atoms with Gasteiger partial charge in [0, 0.05) is 11.4 Å². The smallest absolute Gasteiger partial charge is 0.125 e. The highest BCUT2D eigenvalue weighted by molar-refractivity contribution is 5.59. The summed E-state index contributed by atoms with van der Waals surface area (Å²) < 4.78 is 12.9. The molecule has 2 rings (SSSR count). The van der Waals surface area contributed by atoms with Gasteiger partial charge in [-0.2, -0.15) is 0 Å².